The molecule has 1 aliphatic rings. The summed E-state index contributed by atoms with van der Waals surface area (Å²) in [6, 6.07) is -0.176. The minimum atomic E-state index is -3.14. The Morgan fingerprint density at radius 2 is 2.19 bits per heavy atom. The van der Waals surface area contributed by atoms with Gasteiger partial charge in [0, 0.05) is 31.4 Å². The number of sulfonamides is 1. The first-order valence-electron chi connectivity index (χ1n) is 7.21. The highest BCUT2D eigenvalue weighted by molar-refractivity contribution is 7.89. The molecule has 118 valence electrons. The lowest BCUT2D eigenvalue weighted by Crippen LogP contribution is -2.43. The van der Waals surface area contributed by atoms with E-state index in [1.807, 2.05) is 6.92 Å². The molecule has 1 unspecified atom stereocenters. The summed E-state index contributed by atoms with van der Waals surface area (Å²) in [5, 5.41) is 2.92. The number of hydrogen-bond donors (Lipinski definition) is 2. The van der Waals surface area contributed by atoms with Crippen LogP contribution >= 0.6 is 0 Å². The van der Waals surface area contributed by atoms with Gasteiger partial charge in [-0.25, -0.2) is 17.7 Å². The van der Waals surface area contributed by atoms with Crippen molar-refractivity contribution in [3.63, 3.8) is 0 Å². The van der Waals surface area contributed by atoms with Gasteiger partial charge in [-0.05, 0) is 26.7 Å². The Balaban J connectivity index is 1.86. The van der Waals surface area contributed by atoms with E-state index in [1.54, 1.807) is 19.3 Å². The van der Waals surface area contributed by atoms with Gasteiger partial charge in [0.15, 0.2) is 0 Å². The fraction of sp³-hybridized carbons (Fsp3) is 0.692. The highest BCUT2D eigenvalue weighted by Gasteiger charge is 2.30. The summed E-state index contributed by atoms with van der Waals surface area (Å²) in [7, 11) is -3.14. The quantitative estimate of drug-likeness (QED) is 0.834. The Morgan fingerprint density at radius 1 is 1.52 bits per heavy atom. The third-order valence-electron chi connectivity index (χ3n) is 3.87. The van der Waals surface area contributed by atoms with Crippen LogP contribution in [0.15, 0.2) is 12.4 Å². The molecule has 0 aliphatic carbocycles. The first kappa shape index (κ1) is 16.0. The van der Waals surface area contributed by atoms with Crippen LogP contribution in [-0.2, 0) is 14.8 Å². The number of nitrogens with one attached hydrogen (secondary N) is 2. The molecule has 8 heteroatoms. The molecular weight excluding hydrogens is 292 g/mol. The van der Waals surface area contributed by atoms with E-state index in [0.717, 1.165) is 0 Å². The molecule has 1 fully saturated rings. The zero-order valence-electron chi connectivity index (χ0n) is 12.4. The van der Waals surface area contributed by atoms with E-state index in [2.05, 4.69) is 15.3 Å². The molecule has 7 nitrogen and oxygen atoms in total. The number of carbonyl (C=O) groups is 1. The van der Waals surface area contributed by atoms with E-state index < -0.39 is 10.0 Å². The highest BCUT2D eigenvalue weighted by atomic mass is 32.2. The van der Waals surface area contributed by atoms with Crippen LogP contribution in [0.5, 0.6) is 0 Å². The lowest BCUT2D eigenvalue weighted by atomic mass is 9.97. The molecule has 1 atom stereocenters. The summed E-state index contributed by atoms with van der Waals surface area (Å²) in [5.41, 5.74) is 0. The first-order valence-corrected chi connectivity index (χ1v) is 8.82. The Bertz CT molecular complexity index is 562. The second-order valence-electron chi connectivity index (χ2n) is 5.28. The third-order valence-corrected chi connectivity index (χ3v) is 5.75. The molecular formula is C13H22N4O3S. The molecule has 2 heterocycles. The molecule has 2 N–H and O–H groups in total. The highest BCUT2D eigenvalue weighted by Crippen LogP contribution is 2.21. The summed E-state index contributed by atoms with van der Waals surface area (Å²) >= 11 is 0. The van der Waals surface area contributed by atoms with Gasteiger partial charge in [0.25, 0.3) is 0 Å². The van der Waals surface area contributed by atoms with Crippen molar-refractivity contribution in [3.05, 3.63) is 18.2 Å². The molecule has 21 heavy (non-hydrogen) atoms. The summed E-state index contributed by atoms with van der Waals surface area (Å²) < 4.78 is 25.0. The average Bonchev–Trinajstić information content (AvgIpc) is 3.01. The maximum Gasteiger partial charge on any atom is 0.223 e. The van der Waals surface area contributed by atoms with Crippen LogP contribution < -0.4 is 5.32 Å². The number of hydrogen-bond acceptors (Lipinski definition) is 4. The zero-order valence-corrected chi connectivity index (χ0v) is 13.2. The number of aromatic nitrogens is 2. The molecule has 1 saturated heterocycles. The normalized spacial score (nSPS) is 19.3. The second-order valence-corrected chi connectivity index (χ2v) is 7.54. The van der Waals surface area contributed by atoms with Crippen LogP contribution in [-0.4, -0.2) is 47.4 Å². The number of nitrogens with zero attached hydrogens (tertiary/aromatic N) is 2. The zero-order chi connectivity index (χ0) is 15.5. The molecule has 2 rings (SSSR count). The van der Waals surface area contributed by atoms with Gasteiger partial charge in [0.05, 0.1) is 11.8 Å². The Morgan fingerprint density at radius 3 is 2.71 bits per heavy atom. The molecule has 1 aromatic rings. The number of H-pyrrole nitrogens is 1. The van der Waals surface area contributed by atoms with E-state index in [-0.39, 0.29) is 23.6 Å². The minimum Gasteiger partial charge on any atom is -0.347 e. The summed E-state index contributed by atoms with van der Waals surface area (Å²) in [6.45, 7) is 4.35. The standard InChI is InChI=1S/C13H22N4O3S/c1-3-21(19,20)17-8-4-11(5-9-17)13(18)16-10(2)12-14-6-7-15-12/h6-7,10-11H,3-5,8-9H2,1-2H3,(H,14,15)(H,16,18). The molecule has 0 aromatic carbocycles. The van der Waals surface area contributed by atoms with E-state index in [4.69, 9.17) is 0 Å². The average molecular weight is 314 g/mol. The van der Waals surface area contributed by atoms with Gasteiger partial charge in [0.1, 0.15) is 5.82 Å². The lowest BCUT2D eigenvalue weighted by Gasteiger charge is -2.30. The van der Waals surface area contributed by atoms with Crippen molar-refractivity contribution < 1.29 is 13.2 Å². The molecule has 1 aromatic heterocycles. The fourth-order valence-corrected chi connectivity index (χ4v) is 3.62. The smallest absolute Gasteiger partial charge is 0.223 e. The number of rotatable bonds is 5. The Kier molecular flexibility index (Phi) is 5.00. The lowest BCUT2D eigenvalue weighted by molar-refractivity contribution is -0.126. The third kappa shape index (κ3) is 3.82. The van der Waals surface area contributed by atoms with Gasteiger partial charge in [-0.3, -0.25) is 4.79 Å². The van der Waals surface area contributed by atoms with Crippen molar-refractivity contribution in [1.82, 2.24) is 19.6 Å². The van der Waals surface area contributed by atoms with Gasteiger partial charge in [0.2, 0.25) is 15.9 Å². The second kappa shape index (κ2) is 6.57. The number of imidazole rings is 1. The van der Waals surface area contributed by atoms with Crippen LogP contribution in [0, 0.1) is 5.92 Å². The summed E-state index contributed by atoms with van der Waals surface area (Å²) in [6.07, 6.45) is 4.49. The predicted octanol–water partition coefficient (Wildman–Crippen LogP) is 0.649. The Hall–Kier alpha value is -1.41. The number of carbonyl (C=O) groups excluding carboxylic acids is 1. The predicted molar refractivity (Wildman–Crippen MR) is 78.9 cm³/mol. The molecule has 1 aliphatic heterocycles. The number of amides is 1. The monoisotopic (exact) mass is 314 g/mol. The van der Waals surface area contributed by atoms with Crippen LogP contribution in [0.1, 0.15) is 38.6 Å². The molecule has 0 radical (unpaired) electrons. The van der Waals surface area contributed by atoms with Crippen molar-refractivity contribution in [2.24, 2.45) is 5.92 Å². The minimum absolute atomic E-state index is 0.0348. The molecule has 0 bridgehead atoms. The largest absolute Gasteiger partial charge is 0.347 e. The van der Waals surface area contributed by atoms with Crippen molar-refractivity contribution in [3.8, 4) is 0 Å². The van der Waals surface area contributed by atoms with Crippen molar-refractivity contribution in [2.45, 2.75) is 32.7 Å². The maximum atomic E-state index is 12.2. The van der Waals surface area contributed by atoms with E-state index in [0.29, 0.717) is 31.8 Å². The maximum absolute atomic E-state index is 12.2. The van der Waals surface area contributed by atoms with Crippen LogP contribution in [0.2, 0.25) is 0 Å². The van der Waals surface area contributed by atoms with Gasteiger partial charge < -0.3 is 10.3 Å². The summed E-state index contributed by atoms with van der Waals surface area (Å²) in [5.74, 6) is 0.659. The van der Waals surface area contributed by atoms with Crippen molar-refractivity contribution >= 4 is 15.9 Å². The fourth-order valence-electron chi connectivity index (χ4n) is 2.49. The molecule has 0 spiro atoms. The topological polar surface area (TPSA) is 95.2 Å². The van der Waals surface area contributed by atoms with Crippen LogP contribution in [0.3, 0.4) is 0 Å². The van der Waals surface area contributed by atoms with Gasteiger partial charge in [-0.1, -0.05) is 0 Å². The van der Waals surface area contributed by atoms with E-state index in [9.17, 15) is 13.2 Å². The number of piperidine rings is 1. The molecule has 0 saturated carbocycles. The van der Waals surface area contributed by atoms with E-state index in [1.165, 1.54) is 4.31 Å². The van der Waals surface area contributed by atoms with Crippen LogP contribution in [0.4, 0.5) is 0 Å². The van der Waals surface area contributed by atoms with E-state index >= 15 is 0 Å². The SMILES string of the molecule is CCS(=O)(=O)N1CCC(C(=O)NC(C)c2ncc[nH]2)CC1. The first-order chi connectivity index (χ1) is 9.94. The van der Waals surface area contributed by atoms with Crippen LogP contribution in [0.25, 0.3) is 0 Å². The number of aromatic amines is 1. The van der Waals surface area contributed by atoms with Gasteiger partial charge in [-0.2, -0.15) is 0 Å². The van der Waals surface area contributed by atoms with Gasteiger partial charge in [-0.15, -0.1) is 0 Å². The molecule has 1 amide bonds. The van der Waals surface area contributed by atoms with Gasteiger partial charge >= 0.3 is 0 Å². The van der Waals surface area contributed by atoms with Crippen molar-refractivity contribution in [2.75, 3.05) is 18.8 Å². The van der Waals surface area contributed by atoms with Crippen molar-refractivity contribution in [1.29, 1.82) is 0 Å². The summed E-state index contributed by atoms with van der Waals surface area (Å²) in [4.78, 5) is 19.3. The Labute approximate surface area is 125 Å².